The number of amides is 1. The molecule has 2 aromatic rings. The summed E-state index contributed by atoms with van der Waals surface area (Å²) in [6, 6.07) is 7.28. The van der Waals surface area contributed by atoms with Crippen LogP contribution in [0.1, 0.15) is 32.4 Å². The van der Waals surface area contributed by atoms with Crippen molar-refractivity contribution in [3.05, 3.63) is 50.4 Å². The van der Waals surface area contributed by atoms with E-state index in [2.05, 4.69) is 4.90 Å². The molecule has 0 spiro atoms. The fourth-order valence-electron chi connectivity index (χ4n) is 3.42. The highest BCUT2D eigenvalue weighted by atomic mass is 35.5. The molecule has 0 unspecified atom stereocenters. The Kier molecular flexibility index (Phi) is 4.57. The SMILES string of the molecule is O=C(c1ccccc1Cl)N1CCN(Cc2nc3c(s2)CCC3)CC1. The van der Waals surface area contributed by atoms with Crippen molar-refractivity contribution in [2.45, 2.75) is 25.8 Å². The van der Waals surface area contributed by atoms with Crippen LogP contribution in [-0.2, 0) is 19.4 Å². The fraction of sp³-hybridized carbons (Fsp3) is 0.444. The van der Waals surface area contributed by atoms with Crippen LogP contribution in [0, 0.1) is 0 Å². The lowest BCUT2D eigenvalue weighted by Gasteiger charge is -2.34. The zero-order valence-electron chi connectivity index (χ0n) is 13.5. The van der Waals surface area contributed by atoms with Gasteiger partial charge in [0, 0.05) is 31.1 Å². The Morgan fingerprint density at radius 1 is 1.17 bits per heavy atom. The number of nitrogens with zero attached hydrogens (tertiary/aromatic N) is 3. The molecule has 24 heavy (non-hydrogen) atoms. The number of halogens is 1. The van der Waals surface area contributed by atoms with Crippen molar-refractivity contribution < 1.29 is 4.79 Å². The highest BCUT2D eigenvalue weighted by molar-refractivity contribution is 7.11. The summed E-state index contributed by atoms with van der Waals surface area (Å²) in [4.78, 5) is 23.1. The number of hydrogen-bond donors (Lipinski definition) is 0. The van der Waals surface area contributed by atoms with E-state index >= 15 is 0 Å². The first-order valence-corrected chi connectivity index (χ1v) is 9.64. The molecular weight excluding hydrogens is 342 g/mol. The second kappa shape index (κ2) is 6.82. The minimum Gasteiger partial charge on any atom is -0.336 e. The molecule has 2 aliphatic rings. The van der Waals surface area contributed by atoms with Gasteiger partial charge < -0.3 is 4.90 Å². The van der Waals surface area contributed by atoms with Crippen LogP contribution in [0.15, 0.2) is 24.3 Å². The third kappa shape index (κ3) is 3.21. The number of fused-ring (bicyclic) bond motifs is 1. The van der Waals surface area contributed by atoms with E-state index in [1.54, 1.807) is 12.1 Å². The number of piperazine rings is 1. The number of aryl methyl sites for hydroxylation is 2. The first-order valence-electron chi connectivity index (χ1n) is 8.44. The Morgan fingerprint density at radius 3 is 2.71 bits per heavy atom. The van der Waals surface area contributed by atoms with Crippen molar-refractivity contribution in [1.82, 2.24) is 14.8 Å². The summed E-state index contributed by atoms with van der Waals surface area (Å²) in [7, 11) is 0. The molecule has 0 N–H and O–H groups in total. The van der Waals surface area contributed by atoms with Gasteiger partial charge in [-0.2, -0.15) is 0 Å². The second-order valence-electron chi connectivity index (χ2n) is 6.38. The molecule has 6 heteroatoms. The van der Waals surface area contributed by atoms with Crippen LogP contribution in [0.25, 0.3) is 0 Å². The van der Waals surface area contributed by atoms with Gasteiger partial charge in [-0.3, -0.25) is 9.69 Å². The Morgan fingerprint density at radius 2 is 1.96 bits per heavy atom. The normalized spacial score (nSPS) is 18.0. The molecule has 1 saturated heterocycles. The highest BCUT2D eigenvalue weighted by Crippen LogP contribution is 2.28. The number of aromatic nitrogens is 1. The lowest BCUT2D eigenvalue weighted by molar-refractivity contribution is 0.0628. The molecule has 2 heterocycles. The molecule has 0 bridgehead atoms. The Bertz CT molecular complexity index is 731. The van der Waals surface area contributed by atoms with E-state index in [1.165, 1.54) is 28.4 Å². The molecule has 126 valence electrons. The maximum absolute atomic E-state index is 12.6. The average molecular weight is 362 g/mol. The fourth-order valence-corrected chi connectivity index (χ4v) is 4.83. The topological polar surface area (TPSA) is 36.4 Å². The summed E-state index contributed by atoms with van der Waals surface area (Å²) in [6.45, 7) is 4.18. The molecule has 1 aromatic heterocycles. The third-order valence-corrected chi connectivity index (χ3v) is 6.23. The molecule has 0 radical (unpaired) electrons. The van der Waals surface area contributed by atoms with Crippen molar-refractivity contribution in [3.8, 4) is 0 Å². The van der Waals surface area contributed by atoms with E-state index in [0.29, 0.717) is 10.6 Å². The van der Waals surface area contributed by atoms with Gasteiger partial charge in [-0.05, 0) is 31.4 Å². The zero-order valence-corrected chi connectivity index (χ0v) is 15.1. The van der Waals surface area contributed by atoms with Gasteiger partial charge >= 0.3 is 0 Å². The molecule has 1 amide bonds. The molecule has 0 atom stereocenters. The van der Waals surface area contributed by atoms with Gasteiger partial charge in [0.25, 0.3) is 5.91 Å². The van der Waals surface area contributed by atoms with Crippen LogP contribution in [0.4, 0.5) is 0 Å². The molecule has 1 aromatic carbocycles. The largest absolute Gasteiger partial charge is 0.336 e. The van der Waals surface area contributed by atoms with Gasteiger partial charge in [0.2, 0.25) is 0 Å². The summed E-state index contributed by atoms with van der Waals surface area (Å²) in [5, 5.41) is 1.76. The van der Waals surface area contributed by atoms with Gasteiger partial charge in [0.15, 0.2) is 0 Å². The predicted molar refractivity (Wildman–Crippen MR) is 96.8 cm³/mol. The average Bonchev–Trinajstić information content (AvgIpc) is 3.17. The number of carbonyl (C=O) groups excluding carboxylic acids is 1. The van der Waals surface area contributed by atoms with Crippen LogP contribution in [0.2, 0.25) is 5.02 Å². The first kappa shape index (κ1) is 16.1. The highest BCUT2D eigenvalue weighted by Gasteiger charge is 2.24. The minimum atomic E-state index is 0.0356. The van der Waals surface area contributed by atoms with Gasteiger partial charge in [-0.25, -0.2) is 4.98 Å². The smallest absolute Gasteiger partial charge is 0.255 e. The number of carbonyl (C=O) groups is 1. The van der Waals surface area contributed by atoms with Crippen molar-refractivity contribution in [2.75, 3.05) is 26.2 Å². The second-order valence-corrected chi connectivity index (χ2v) is 7.95. The molecule has 1 aliphatic carbocycles. The van der Waals surface area contributed by atoms with E-state index in [0.717, 1.165) is 39.1 Å². The van der Waals surface area contributed by atoms with Crippen LogP contribution >= 0.6 is 22.9 Å². The summed E-state index contributed by atoms with van der Waals surface area (Å²) in [6.07, 6.45) is 3.61. The maximum Gasteiger partial charge on any atom is 0.255 e. The Labute approximate surface area is 151 Å². The van der Waals surface area contributed by atoms with Crippen molar-refractivity contribution in [2.24, 2.45) is 0 Å². The Balaban J connectivity index is 1.34. The van der Waals surface area contributed by atoms with E-state index in [-0.39, 0.29) is 5.91 Å². The quantitative estimate of drug-likeness (QED) is 0.842. The predicted octanol–water partition coefficient (Wildman–Crippen LogP) is 3.24. The molecule has 1 fully saturated rings. The van der Waals surface area contributed by atoms with Gasteiger partial charge in [-0.1, -0.05) is 23.7 Å². The molecule has 4 nitrogen and oxygen atoms in total. The summed E-state index contributed by atoms with van der Waals surface area (Å²) >= 11 is 8.02. The minimum absolute atomic E-state index is 0.0356. The number of hydrogen-bond acceptors (Lipinski definition) is 4. The van der Waals surface area contributed by atoms with Crippen LogP contribution in [0.3, 0.4) is 0 Å². The third-order valence-electron chi connectivity index (χ3n) is 4.76. The monoisotopic (exact) mass is 361 g/mol. The van der Waals surface area contributed by atoms with Crippen molar-refractivity contribution >= 4 is 28.8 Å². The lowest BCUT2D eigenvalue weighted by atomic mass is 10.2. The van der Waals surface area contributed by atoms with E-state index < -0.39 is 0 Å². The van der Waals surface area contributed by atoms with Gasteiger partial charge in [-0.15, -0.1) is 11.3 Å². The molecule has 0 saturated carbocycles. The van der Waals surface area contributed by atoms with Crippen LogP contribution < -0.4 is 0 Å². The van der Waals surface area contributed by atoms with Crippen LogP contribution in [-0.4, -0.2) is 46.9 Å². The van der Waals surface area contributed by atoms with Crippen molar-refractivity contribution in [3.63, 3.8) is 0 Å². The number of thiazole rings is 1. The van der Waals surface area contributed by atoms with E-state index in [9.17, 15) is 4.79 Å². The number of benzene rings is 1. The first-order chi connectivity index (χ1) is 11.7. The van der Waals surface area contributed by atoms with Gasteiger partial charge in [0.05, 0.1) is 22.8 Å². The Hall–Kier alpha value is -1.43. The standard InChI is InChI=1S/C18H20ClN3OS/c19-14-5-2-1-4-13(14)18(23)22-10-8-21(9-11-22)12-17-20-15-6-3-7-16(15)24-17/h1-2,4-5H,3,6-12H2. The van der Waals surface area contributed by atoms with Crippen molar-refractivity contribution in [1.29, 1.82) is 0 Å². The number of rotatable bonds is 3. The molecule has 1 aliphatic heterocycles. The lowest BCUT2D eigenvalue weighted by Crippen LogP contribution is -2.48. The summed E-state index contributed by atoms with van der Waals surface area (Å²) < 4.78 is 0. The van der Waals surface area contributed by atoms with Crippen LogP contribution in [0.5, 0.6) is 0 Å². The summed E-state index contributed by atoms with van der Waals surface area (Å²) in [5.74, 6) is 0.0356. The summed E-state index contributed by atoms with van der Waals surface area (Å²) in [5.41, 5.74) is 1.92. The molecule has 4 rings (SSSR count). The van der Waals surface area contributed by atoms with E-state index in [1.807, 2.05) is 28.4 Å². The van der Waals surface area contributed by atoms with E-state index in [4.69, 9.17) is 16.6 Å². The zero-order chi connectivity index (χ0) is 16.5. The molecular formula is C18H20ClN3OS. The van der Waals surface area contributed by atoms with Gasteiger partial charge in [0.1, 0.15) is 5.01 Å². The maximum atomic E-state index is 12.6.